The van der Waals surface area contributed by atoms with Crippen molar-refractivity contribution in [3.05, 3.63) is 24.4 Å². The van der Waals surface area contributed by atoms with Crippen LogP contribution in [0.3, 0.4) is 0 Å². The molecule has 2 aromatic rings. The summed E-state index contributed by atoms with van der Waals surface area (Å²) in [5.41, 5.74) is 5.95. The van der Waals surface area contributed by atoms with Gasteiger partial charge >= 0.3 is 0 Å². The third-order valence-electron chi connectivity index (χ3n) is 3.37. The summed E-state index contributed by atoms with van der Waals surface area (Å²) < 4.78 is 5.23. The zero-order valence-corrected chi connectivity index (χ0v) is 12.1. The van der Waals surface area contributed by atoms with Gasteiger partial charge in [0.05, 0.1) is 0 Å². The molecule has 0 aliphatic carbocycles. The van der Waals surface area contributed by atoms with E-state index >= 15 is 0 Å². The smallest absolute Gasteiger partial charge is 0.246 e. The van der Waals surface area contributed by atoms with Crippen LogP contribution in [0, 0.1) is 0 Å². The van der Waals surface area contributed by atoms with Crippen molar-refractivity contribution in [3.8, 4) is 10.7 Å². The van der Waals surface area contributed by atoms with Crippen LogP contribution in [0.2, 0.25) is 0 Å². The number of amides is 1. The molecule has 3 heterocycles. The van der Waals surface area contributed by atoms with Crippen LogP contribution in [0.1, 0.15) is 12.8 Å². The average molecular weight is 305 g/mol. The predicted octanol–water partition coefficient (Wildman–Crippen LogP) is 1.05. The van der Waals surface area contributed by atoms with Crippen LogP contribution in [-0.2, 0) is 9.53 Å². The molecule has 1 aliphatic rings. The largest absolute Gasteiger partial charge is 0.381 e. The maximum absolute atomic E-state index is 12.3. The Hall–Kier alpha value is -1.90. The molecule has 3 N–H and O–H groups in total. The van der Waals surface area contributed by atoms with E-state index in [1.54, 1.807) is 6.20 Å². The van der Waals surface area contributed by atoms with Gasteiger partial charge in [-0.2, -0.15) is 0 Å². The molecule has 8 heteroatoms. The van der Waals surface area contributed by atoms with Crippen molar-refractivity contribution in [2.45, 2.75) is 18.4 Å². The van der Waals surface area contributed by atoms with Crippen molar-refractivity contribution in [1.29, 1.82) is 0 Å². The molecular formula is C13H15N5O2S. The zero-order valence-electron chi connectivity index (χ0n) is 11.3. The quantitative estimate of drug-likeness (QED) is 0.878. The molecule has 0 bridgehead atoms. The molecule has 1 fully saturated rings. The molecule has 0 radical (unpaired) electrons. The molecule has 0 unspecified atom stereocenters. The van der Waals surface area contributed by atoms with E-state index in [4.69, 9.17) is 10.5 Å². The van der Waals surface area contributed by atoms with Gasteiger partial charge in [-0.3, -0.25) is 15.1 Å². The maximum atomic E-state index is 12.3. The van der Waals surface area contributed by atoms with Crippen molar-refractivity contribution in [2.75, 3.05) is 18.5 Å². The first kappa shape index (κ1) is 14.1. The van der Waals surface area contributed by atoms with E-state index in [1.165, 1.54) is 11.3 Å². The van der Waals surface area contributed by atoms with E-state index in [2.05, 4.69) is 20.5 Å². The number of hydrogen-bond acceptors (Lipinski definition) is 7. The molecule has 0 aromatic carbocycles. The lowest BCUT2D eigenvalue weighted by molar-refractivity contribution is -0.124. The number of carbonyl (C=O) groups is 1. The third kappa shape index (κ3) is 3.07. The normalized spacial score (nSPS) is 17.4. The number of nitrogens with two attached hydrogens (primary N) is 1. The van der Waals surface area contributed by atoms with Gasteiger partial charge < -0.3 is 10.5 Å². The second-order valence-electron chi connectivity index (χ2n) is 4.85. The Bertz CT molecular complexity index is 625. The number of hydrogen-bond donors (Lipinski definition) is 2. The second-order valence-corrected chi connectivity index (χ2v) is 5.83. The Kier molecular flexibility index (Phi) is 3.91. The molecule has 7 nitrogen and oxygen atoms in total. The maximum Gasteiger partial charge on any atom is 0.246 e. The van der Waals surface area contributed by atoms with Gasteiger partial charge in [0.1, 0.15) is 11.2 Å². The molecule has 0 atom stereocenters. The monoisotopic (exact) mass is 305 g/mol. The Morgan fingerprint density at radius 1 is 1.33 bits per heavy atom. The van der Waals surface area contributed by atoms with Gasteiger partial charge in [-0.1, -0.05) is 17.4 Å². The number of rotatable bonds is 3. The molecule has 1 saturated heterocycles. The lowest BCUT2D eigenvalue weighted by Crippen LogP contribution is -2.54. The average Bonchev–Trinajstić information content (AvgIpc) is 2.97. The number of anilines is 1. The van der Waals surface area contributed by atoms with E-state index < -0.39 is 5.54 Å². The van der Waals surface area contributed by atoms with Gasteiger partial charge in [-0.25, -0.2) is 0 Å². The summed E-state index contributed by atoms with van der Waals surface area (Å²) >= 11 is 1.27. The minimum atomic E-state index is -0.894. The third-order valence-corrected chi connectivity index (χ3v) is 4.23. The summed E-state index contributed by atoms with van der Waals surface area (Å²) in [7, 11) is 0. The molecule has 110 valence electrons. The number of nitrogens with zero attached hydrogens (tertiary/aromatic N) is 3. The zero-order chi connectivity index (χ0) is 14.7. The molecule has 1 amide bonds. The highest BCUT2D eigenvalue weighted by molar-refractivity contribution is 7.18. The Labute approximate surface area is 125 Å². The number of carbonyl (C=O) groups excluding carboxylic acids is 1. The molecule has 21 heavy (non-hydrogen) atoms. The van der Waals surface area contributed by atoms with Crippen molar-refractivity contribution >= 4 is 22.4 Å². The lowest BCUT2D eigenvalue weighted by atomic mass is 9.90. The van der Waals surface area contributed by atoms with E-state index in [0.717, 1.165) is 5.69 Å². The first-order valence-corrected chi connectivity index (χ1v) is 7.42. The summed E-state index contributed by atoms with van der Waals surface area (Å²) in [6.07, 6.45) is 2.70. The van der Waals surface area contributed by atoms with Crippen molar-refractivity contribution < 1.29 is 9.53 Å². The molecular weight excluding hydrogens is 290 g/mol. The van der Waals surface area contributed by atoms with Gasteiger partial charge in [0.15, 0.2) is 5.01 Å². The van der Waals surface area contributed by atoms with Crippen molar-refractivity contribution in [1.82, 2.24) is 15.2 Å². The SMILES string of the molecule is NC1(C(=O)Nc2nnc(-c3ccccn3)s2)CCOCC1. The van der Waals surface area contributed by atoms with Crippen LogP contribution in [-0.4, -0.2) is 39.8 Å². The van der Waals surface area contributed by atoms with Crippen LogP contribution in [0.25, 0.3) is 10.7 Å². The van der Waals surface area contributed by atoms with Gasteiger partial charge in [-0.15, -0.1) is 10.2 Å². The molecule has 0 saturated carbocycles. The van der Waals surface area contributed by atoms with Gasteiger partial charge in [0.25, 0.3) is 0 Å². The Morgan fingerprint density at radius 2 is 2.14 bits per heavy atom. The van der Waals surface area contributed by atoms with Crippen LogP contribution >= 0.6 is 11.3 Å². The number of nitrogens with one attached hydrogen (secondary N) is 1. The number of aromatic nitrogens is 3. The predicted molar refractivity (Wildman–Crippen MR) is 78.7 cm³/mol. The fourth-order valence-corrected chi connectivity index (χ4v) is 2.77. The minimum absolute atomic E-state index is 0.241. The van der Waals surface area contributed by atoms with Crippen molar-refractivity contribution in [3.63, 3.8) is 0 Å². The van der Waals surface area contributed by atoms with Crippen LogP contribution in [0.15, 0.2) is 24.4 Å². The number of ether oxygens (including phenoxy) is 1. The van der Waals surface area contributed by atoms with Gasteiger partial charge in [-0.05, 0) is 25.0 Å². The summed E-state index contributed by atoms with van der Waals surface area (Å²) in [4.78, 5) is 16.5. The summed E-state index contributed by atoms with van der Waals surface area (Å²) in [5.74, 6) is -0.241. The Morgan fingerprint density at radius 3 is 2.86 bits per heavy atom. The fraction of sp³-hybridized carbons (Fsp3) is 0.385. The number of pyridine rings is 1. The van der Waals surface area contributed by atoms with Gasteiger partial charge in [0, 0.05) is 19.4 Å². The van der Waals surface area contributed by atoms with E-state index in [1.807, 2.05) is 18.2 Å². The minimum Gasteiger partial charge on any atom is -0.381 e. The first-order chi connectivity index (χ1) is 10.2. The topological polar surface area (TPSA) is 103 Å². The van der Waals surface area contributed by atoms with Gasteiger partial charge in [0.2, 0.25) is 11.0 Å². The molecule has 3 rings (SSSR count). The molecule has 2 aromatic heterocycles. The summed E-state index contributed by atoms with van der Waals surface area (Å²) in [5, 5.41) is 11.8. The Balaban J connectivity index is 1.71. The fourth-order valence-electron chi connectivity index (χ4n) is 2.05. The van der Waals surface area contributed by atoms with E-state index in [-0.39, 0.29) is 5.91 Å². The first-order valence-electron chi connectivity index (χ1n) is 6.60. The standard InChI is InChI=1S/C13H15N5O2S/c14-13(4-7-20-8-5-13)11(19)16-12-18-17-10(21-12)9-3-1-2-6-15-9/h1-3,6H,4-5,7-8,14H2,(H,16,18,19). The highest BCUT2D eigenvalue weighted by atomic mass is 32.1. The van der Waals surface area contributed by atoms with Crippen LogP contribution in [0.4, 0.5) is 5.13 Å². The van der Waals surface area contributed by atoms with E-state index in [0.29, 0.717) is 36.2 Å². The second kappa shape index (κ2) is 5.84. The van der Waals surface area contributed by atoms with Crippen LogP contribution < -0.4 is 11.1 Å². The van der Waals surface area contributed by atoms with Crippen molar-refractivity contribution in [2.24, 2.45) is 5.73 Å². The summed E-state index contributed by atoms with van der Waals surface area (Å²) in [6, 6.07) is 5.55. The highest BCUT2D eigenvalue weighted by Crippen LogP contribution is 2.26. The highest BCUT2D eigenvalue weighted by Gasteiger charge is 2.36. The molecule has 1 aliphatic heterocycles. The van der Waals surface area contributed by atoms with E-state index in [9.17, 15) is 4.79 Å². The summed E-state index contributed by atoms with van der Waals surface area (Å²) in [6.45, 7) is 0.998. The molecule has 0 spiro atoms. The lowest BCUT2D eigenvalue weighted by Gasteiger charge is -2.31. The van der Waals surface area contributed by atoms with Crippen LogP contribution in [0.5, 0.6) is 0 Å².